The van der Waals surface area contributed by atoms with Crippen molar-refractivity contribution in [3.05, 3.63) is 32.0 Å². The molecule has 44 valence electrons. The molecule has 0 fully saturated rings. The molecular weight excluding hydrogens is 211 g/mol. The number of rotatable bonds is 1. The molecule has 0 spiro atoms. The Morgan fingerprint density at radius 3 is 3.00 bits per heavy atom. The normalized spacial score (nSPS) is 18.9. The monoisotopic (exact) mass is 219 g/mol. The Labute approximate surface area is 60.2 Å². The van der Waals surface area contributed by atoms with Crippen molar-refractivity contribution in [2.24, 2.45) is 0 Å². The zero-order chi connectivity index (χ0) is 5.82. The van der Waals surface area contributed by atoms with E-state index in [0.29, 0.717) is 0 Å². The van der Waals surface area contributed by atoms with E-state index < -0.39 is 0 Å². The van der Waals surface area contributed by atoms with Crippen LogP contribution in [0.15, 0.2) is 32.0 Å². The molecule has 0 nitrogen and oxygen atoms in total. The van der Waals surface area contributed by atoms with Crippen LogP contribution >= 0.6 is 0 Å². The van der Waals surface area contributed by atoms with Gasteiger partial charge in [-0.05, 0) is 0 Å². The maximum absolute atomic E-state index is 2.27. The van der Waals surface area contributed by atoms with Crippen molar-refractivity contribution in [1.82, 2.24) is 0 Å². The molecule has 0 N–H and O–H groups in total. The summed E-state index contributed by atoms with van der Waals surface area (Å²) in [5, 5.41) is 0. The van der Waals surface area contributed by atoms with Crippen LogP contribution in [0.5, 0.6) is 0 Å². The summed E-state index contributed by atoms with van der Waals surface area (Å²) >= 11 is 0.264. The van der Waals surface area contributed by atoms with Gasteiger partial charge in [-0.1, -0.05) is 0 Å². The van der Waals surface area contributed by atoms with Crippen LogP contribution in [0.2, 0.25) is 0 Å². The van der Waals surface area contributed by atoms with Crippen molar-refractivity contribution in [2.45, 2.75) is 6.92 Å². The first kappa shape index (κ1) is 6.08. The second kappa shape index (κ2) is 3.07. The van der Waals surface area contributed by atoms with Crippen molar-refractivity contribution in [3.8, 4) is 0 Å². The molecule has 1 heterocycles. The molecule has 0 aromatic rings. The summed E-state index contributed by atoms with van der Waals surface area (Å²) in [6.45, 7) is 2.06. The molecule has 1 aliphatic rings. The van der Waals surface area contributed by atoms with E-state index in [4.69, 9.17) is 0 Å². The van der Waals surface area contributed by atoms with Crippen LogP contribution in [0, 0.1) is 0 Å². The van der Waals surface area contributed by atoms with Crippen molar-refractivity contribution in [2.75, 3.05) is 0 Å². The molecule has 0 saturated heterocycles. The van der Waals surface area contributed by atoms with Gasteiger partial charge in [0.25, 0.3) is 0 Å². The van der Waals surface area contributed by atoms with E-state index in [1.165, 1.54) is 3.58 Å². The first-order chi connectivity index (χ1) is 3.93. The summed E-state index contributed by atoms with van der Waals surface area (Å²) in [5.74, 6) is 0. The third-order valence-electron chi connectivity index (χ3n) is 0.843. The first-order valence-electron chi connectivity index (χ1n) is 2.56. The van der Waals surface area contributed by atoms with Gasteiger partial charge in [0.2, 0.25) is 0 Å². The molecule has 0 aromatic carbocycles. The summed E-state index contributed by atoms with van der Waals surface area (Å²) < 4.78 is 3.79. The predicted octanol–water partition coefficient (Wildman–Crippen LogP) is -0.937. The van der Waals surface area contributed by atoms with E-state index in [2.05, 4.69) is 35.3 Å². The molecule has 1 aliphatic heterocycles. The van der Waals surface area contributed by atoms with Crippen LogP contribution < -0.4 is 21.2 Å². The van der Waals surface area contributed by atoms with Gasteiger partial charge >= 0.3 is 60.1 Å². The SMILES string of the molecule is C/C=C/C1=CC=C[I-]1. The van der Waals surface area contributed by atoms with Crippen LogP contribution in [0.1, 0.15) is 6.92 Å². The van der Waals surface area contributed by atoms with Gasteiger partial charge in [-0.25, -0.2) is 0 Å². The number of hydrogen-bond donors (Lipinski definition) is 0. The zero-order valence-electron chi connectivity index (χ0n) is 4.76. The third kappa shape index (κ3) is 1.47. The van der Waals surface area contributed by atoms with Gasteiger partial charge in [-0.3, -0.25) is 0 Å². The number of halogens is 1. The molecular formula is C7H8I-. The molecule has 8 heavy (non-hydrogen) atoms. The second-order valence-corrected chi connectivity index (χ2v) is 4.07. The van der Waals surface area contributed by atoms with Gasteiger partial charge in [0.15, 0.2) is 0 Å². The van der Waals surface area contributed by atoms with E-state index in [1.807, 2.05) is 0 Å². The van der Waals surface area contributed by atoms with E-state index in [-0.39, 0.29) is 21.2 Å². The fraction of sp³-hybridized carbons (Fsp3) is 0.143. The van der Waals surface area contributed by atoms with Crippen molar-refractivity contribution < 1.29 is 21.2 Å². The third-order valence-corrected chi connectivity index (χ3v) is 3.06. The molecule has 1 rings (SSSR count). The van der Waals surface area contributed by atoms with E-state index in [0.717, 1.165) is 0 Å². The van der Waals surface area contributed by atoms with Gasteiger partial charge in [-0.2, -0.15) is 0 Å². The fourth-order valence-corrected chi connectivity index (χ4v) is 2.34. The van der Waals surface area contributed by atoms with Crippen molar-refractivity contribution in [3.63, 3.8) is 0 Å². The van der Waals surface area contributed by atoms with Gasteiger partial charge in [0, 0.05) is 0 Å². The Hall–Kier alpha value is -0.0500. The molecule has 0 aromatic heterocycles. The Bertz CT molecular complexity index is 152. The minimum absolute atomic E-state index is 0.264. The molecule has 0 saturated carbocycles. The molecule has 1 heteroatoms. The molecule has 0 aliphatic carbocycles. The standard InChI is InChI=1S/C7H8I/c1-2-4-7-5-3-6-8-7/h2-6H,1H3/q-1/b4-2+. The van der Waals surface area contributed by atoms with Crippen LogP contribution in [0.4, 0.5) is 0 Å². The predicted molar refractivity (Wildman–Crippen MR) is 32.0 cm³/mol. The van der Waals surface area contributed by atoms with E-state index >= 15 is 0 Å². The number of hydrogen-bond acceptors (Lipinski definition) is 0. The van der Waals surface area contributed by atoms with Crippen molar-refractivity contribution in [1.29, 1.82) is 0 Å². The Balaban J connectivity index is 2.51. The summed E-state index contributed by atoms with van der Waals surface area (Å²) in [6.07, 6.45) is 8.61. The maximum atomic E-state index is 2.27. The van der Waals surface area contributed by atoms with Crippen LogP contribution in [0.25, 0.3) is 0 Å². The van der Waals surface area contributed by atoms with Gasteiger partial charge in [-0.15, -0.1) is 0 Å². The average molecular weight is 219 g/mol. The summed E-state index contributed by atoms with van der Waals surface area (Å²) in [7, 11) is 0. The average Bonchev–Trinajstić information content (AvgIpc) is 2.19. The van der Waals surface area contributed by atoms with Gasteiger partial charge in [0.05, 0.1) is 0 Å². The summed E-state index contributed by atoms with van der Waals surface area (Å²) in [5.41, 5.74) is 0. The fourth-order valence-electron chi connectivity index (χ4n) is 0.525. The quantitative estimate of drug-likeness (QED) is 0.499. The van der Waals surface area contributed by atoms with Crippen molar-refractivity contribution >= 4 is 0 Å². The Morgan fingerprint density at radius 2 is 2.50 bits per heavy atom. The van der Waals surface area contributed by atoms with Crippen LogP contribution in [-0.2, 0) is 0 Å². The van der Waals surface area contributed by atoms with Crippen LogP contribution in [-0.4, -0.2) is 0 Å². The molecule has 0 bridgehead atoms. The van der Waals surface area contributed by atoms with E-state index in [1.54, 1.807) is 0 Å². The molecule has 0 amide bonds. The number of allylic oxidation sites excluding steroid dienone is 5. The Kier molecular flexibility index (Phi) is 2.33. The first-order valence-corrected chi connectivity index (χ1v) is 4.89. The Morgan fingerprint density at radius 1 is 1.62 bits per heavy atom. The molecule has 0 radical (unpaired) electrons. The topological polar surface area (TPSA) is 0 Å². The minimum atomic E-state index is 0.264. The van der Waals surface area contributed by atoms with Gasteiger partial charge in [0.1, 0.15) is 0 Å². The molecule has 0 unspecified atom stereocenters. The summed E-state index contributed by atoms with van der Waals surface area (Å²) in [6, 6.07) is 0. The molecule has 0 atom stereocenters. The summed E-state index contributed by atoms with van der Waals surface area (Å²) in [4.78, 5) is 0. The van der Waals surface area contributed by atoms with E-state index in [9.17, 15) is 0 Å². The second-order valence-electron chi connectivity index (χ2n) is 1.48. The van der Waals surface area contributed by atoms with Crippen LogP contribution in [0.3, 0.4) is 0 Å². The van der Waals surface area contributed by atoms with Gasteiger partial charge < -0.3 is 0 Å². The zero-order valence-corrected chi connectivity index (χ0v) is 6.92.